The lowest BCUT2D eigenvalue weighted by Crippen LogP contribution is -2.50. The van der Waals surface area contributed by atoms with Crippen LogP contribution in [0.3, 0.4) is 0 Å². The number of rotatable bonds is 6. The van der Waals surface area contributed by atoms with Gasteiger partial charge in [0.05, 0.1) is 18.2 Å². The number of piperazine rings is 1. The number of benzene rings is 1. The molecule has 1 aromatic heterocycles. The molecule has 7 nitrogen and oxygen atoms in total. The lowest BCUT2D eigenvalue weighted by Gasteiger charge is -2.35. The number of aromatic nitrogens is 1. The molecule has 2 aliphatic rings. The molecular weight excluding hydrogens is 388 g/mol. The van der Waals surface area contributed by atoms with Gasteiger partial charge in [0.25, 0.3) is 5.91 Å². The molecule has 2 amide bonds. The molecule has 0 aliphatic carbocycles. The van der Waals surface area contributed by atoms with Gasteiger partial charge in [-0.05, 0) is 25.0 Å². The van der Waals surface area contributed by atoms with Crippen molar-refractivity contribution in [2.45, 2.75) is 25.4 Å². The topological polar surface area (TPSA) is 74.8 Å². The molecule has 0 spiro atoms. The van der Waals surface area contributed by atoms with Gasteiger partial charge in [0.2, 0.25) is 5.91 Å². The summed E-state index contributed by atoms with van der Waals surface area (Å²) in [6.07, 6.45) is 2.93. The number of carbonyl (C=O) groups excluding carboxylic acids is 2. The highest BCUT2D eigenvalue weighted by Gasteiger charge is 2.25. The summed E-state index contributed by atoms with van der Waals surface area (Å²) in [5.74, 6) is -0.104. The number of thiazole rings is 1. The van der Waals surface area contributed by atoms with Crippen molar-refractivity contribution in [3.8, 4) is 0 Å². The molecular formula is C21H26N4O3S. The van der Waals surface area contributed by atoms with Gasteiger partial charge in [0, 0.05) is 50.3 Å². The standard InChI is InChI=1S/C21H26N4O3S/c26-19(25-10-8-24(9-11-25)14-18-7-4-12-28-18)13-17-15-29-21(22-17)23-20(27)16-5-2-1-3-6-16/h1-3,5-6,15,18H,4,7-14H2,(H,22,23,27). The lowest BCUT2D eigenvalue weighted by atomic mass is 10.2. The molecule has 0 bridgehead atoms. The first-order chi connectivity index (χ1) is 14.2. The highest BCUT2D eigenvalue weighted by molar-refractivity contribution is 7.14. The van der Waals surface area contributed by atoms with Crippen molar-refractivity contribution in [1.29, 1.82) is 0 Å². The van der Waals surface area contributed by atoms with E-state index in [4.69, 9.17) is 4.74 Å². The van der Waals surface area contributed by atoms with Crippen LogP contribution in [0.1, 0.15) is 28.9 Å². The number of carbonyl (C=O) groups is 2. The number of nitrogens with zero attached hydrogens (tertiary/aromatic N) is 3. The van der Waals surface area contributed by atoms with Crippen LogP contribution in [0.4, 0.5) is 5.13 Å². The fraction of sp³-hybridized carbons (Fsp3) is 0.476. The van der Waals surface area contributed by atoms with E-state index in [0.29, 0.717) is 22.5 Å². The maximum absolute atomic E-state index is 12.6. The zero-order valence-electron chi connectivity index (χ0n) is 16.4. The molecule has 0 radical (unpaired) electrons. The fourth-order valence-corrected chi connectivity index (χ4v) is 4.43. The molecule has 8 heteroatoms. The average molecular weight is 415 g/mol. The summed E-state index contributed by atoms with van der Waals surface area (Å²) >= 11 is 1.34. The van der Waals surface area contributed by atoms with Crippen LogP contribution in [0.25, 0.3) is 0 Å². The summed E-state index contributed by atoms with van der Waals surface area (Å²) < 4.78 is 5.71. The molecule has 4 rings (SSSR count). The van der Waals surface area contributed by atoms with E-state index in [1.807, 2.05) is 28.5 Å². The third-order valence-electron chi connectivity index (χ3n) is 5.35. The van der Waals surface area contributed by atoms with Gasteiger partial charge in [-0.3, -0.25) is 19.8 Å². The maximum Gasteiger partial charge on any atom is 0.257 e. The summed E-state index contributed by atoms with van der Waals surface area (Å²) in [7, 11) is 0. The highest BCUT2D eigenvalue weighted by Crippen LogP contribution is 2.18. The molecule has 1 aromatic carbocycles. The zero-order chi connectivity index (χ0) is 20.1. The van der Waals surface area contributed by atoms with Crippen molar-refractivity contribution < 1.29 is 14.3 Å². The maximum atomic E-state index is 12.6. The van der Waals surface area contributed by atoms with Gasteiger partial charge in [0.15, 0.2) is 5.13 Å². The minimum absolute atomic E-state index is 0.0907. The van der Waals surface area contributed by atoms with E-state index in [1.54, 1.807) is 12.1 Å². The van der Waals surface area contributed by atoms with Crippen molar-refractivity contribution in [3.05, 3.63) is 47.0 Å². The minimum Gasteiger partial charge on any atom is -0.377 e. The summed E-state index contributed by atoms with van der Waals surface area (Å²) in [5, 5.41) is 5.15. The Balaban J connectivity index is 1.23. The van der Waals surface area contributed by atoms with E-state index < -0.39 is 0 Å². The van der Waals surface area contributed by atoms with E-state index in [2.05, 4.69) is 15.2 Å². The number of nitrogens with one attached hydrogen (secondary N) is 1. The van der Waals surface area contributed by atoms with Crippen LogP contribution in [0.2, 0.25) is 0 Å². The van der Waals surface area contributed by atoms with Crippen molar-refractivity contribution in [1.82, 2.24) is 14.8 Å². The Morgan fingerprint density at radius 3 is 2.69 bits per heavy atom. The van der Waals surface area contributed by atoms with Crippen LogP contribution >= 0.6 is 11.3 Å². The normalized spacial score (nSPS) is 20.0. The van der Waals surface area contributed by atoms with E-state index in [9.17, 15) is 9.59 Å². The van der Waals surface area contributed by atoms with E-state index in [0.717, 1.165) is 52.2 Å². The molecule has 29 heavy (non-hydrogen) atoms. The van der Waals surface area contributed by atoms with Crippen LogP contribution in [0, 0.1) is 0 Å². The van der Waals surface area contributed by atoms with E-state index >= 15 is 0 Å². The first kappa shape index (κ1) is 20.0. The number of ether oxygens (including phenoxy) is 1. The summed E-state index contributed by atoms with van der Waals surface area (Å²) in [6.45, 7) is 5.12. The van der Waals surface area contributed by atoms with Crippen LogP contribution in [-0.4, -0.2) is 72.0 Å². The Labute approximate surface area is 174 Å². The second-order valence-corrected chi connectivity index (χ2v) is 8.32. The fourth-order valence-electron chi connectivity index (χ4n) is 3.73. The number of anilines is 1. The first-order valence-electron chi connectivity index (χ1n) is 10.1. The van der Waals surface area contributed by atoms with Gasteiger partial charge >= 0.3 is 0 Å². The smallest absolute Gasteiger partial charge is 0.257 e. The SMILES string of the molecule is O=C(Nc1nc(CC(=O)N2CCN(CC3CCCO3)CC2)cs1)c1ccccc1. The van der Waals surface area contributed by atoms with Gasteiger partial charge in [0.1, 0.15) is 0 Å². The third-order valence-corrected chi connectivity index (χ3v) is 6.16. The second-order valence-electron chi connectivity index (χ2n) is 7.46. The van der Waals surface area contributed by atoms with Gasteiger partial charge in [-0.15, -0.1) is 11.3 Å². The number of hydrogen-bond donors (Lipinski definition) is 1. The van der Waals surface area contributed by atoms with Crippen LogP contribution in [0.15, 0.2) is 35.7 Å². The predicted molar refractivity (Wildman–Crippen MR) is 112 cm³/mol. The Morgan fingerprint density at radius 1 is 1.17 bits per heavy atom. The van der Waals surface area contributed by atoms with Crippen molar-refractivity contribution in [2.75, 3.05) is 44.6 Å². The number of hydrogen-bond acceptors (Lipinski definition) is 6. The Kier molecular flexibility index (Phi) is 6.53. The Bertz CT molecular complexity index is 827. The highest BCUT2D eigenvalue weighted by atomic mass is 32.1. The molecule has 1 unspecified atom stereocenters. The van der Waals surface area contributed by atoms with Gasteiger partial charge in [-0.1, -0.05) is 18.2 Å². The monoisotopic (exact) mass is 414 g/mol. The third kappa shape index (κ3) is 5.41. The second kappa shape index (κ2) is 9.47. The van der Waals surface area contributed by atoms with Gasteiger partial charge in [-0.2, -0.15) is 0 Å². The average Bonchev–Trinajstić information content (AvgIpc) is 3.41. The minimum atomic E-state index is -0.194. The van der Waals surface area contributed by atoms with Crippen molar-refractivity contribution in [3.63, 3.8) is 0 Å². The Hall–Kier alpha value is -2.29. The molecule has 1 N–H and O–H groups in total. The molecule has 154 valence electrons. The molecule has 1 atom stereocenters. The van der Waals surface area contributed by atoms with E-state index in [1.165, 1.54) is 11.3 Å². The zero-order valence-corrected chi connectivity index (χ0v) is 17.2. The van der Waals surface area contributed by atoms with Gasteiger partial charge in [-0.25, -0.2) is 4.98 Å². The number of amides is 2. The molecule has 2 fully saturated rings. The summed E-state index contributed by atoms with van der Waals surface area (Å²) in [4.78, 5) is 33.6. The lowest BCUT2D eigenvalue weighted by molar-refractivity contribution is -0.132. The quantitative estimate of drug-likeness (QED) is 0.785. The Morgan fingerprint density at radius 2 is 1.97 bits per heavy atom. The molecule has 2 saturated heterocycles. The van der Waals surface area contributed by atoms with E-state index in [-0.39, 0.29) is 18.2 Å². The molecule has 2 aliphatic heterocycles. The molecule has 3 heterocycles. The van der Waals surface area contributed by atoms with Crippen LogP contribution in [-0.2, 0) is 16.0 Å². The van der Waals surface area contributed by atoms with Crippen molar-refractivity contribution in [2.24, 2.45) is 0 Å². The molecule has 0 saturated carbocycles. The predicted octanol–water partition coefficient (Wildman–Crippen LogP) is 2.26. The first-order valence-corrected chi connectivity index (χ1v) is 11.0. The van der Waals surface area contributed by atoms with Crippen LogP contribution in [0.5, 0.6) is 0 Å². The van der Waals surface area contributed by atoms with Crippen LogP contribution < -0.4 is 5.32 Å². The van der Waals surface area contributed by atoms with Crippen molar-refractivity contribution >= 4 is 28.3 Å². The molecule has 2 aromatic rings. The summed E-state index contributed by atoms with van der Waals surface area (Å²) in [6, 6.07) is 9.02. The largest absolute Gasteiger partial charge is 0.377 e. The van der Waals surface area contributed by atoms with Gasteiger partial charge < -0.3 is 9.64 Å². The summed E-state index contributed by atoms with van der Waals surface area (Å²) in [5.41, 5.74) is 1.28.